The molecule has 1 aromatic rings. The minimum absolute atomic E-state index is 0.121. The van der Waals surface area contributed by atoms with Gasteiger partial charge >= 0.3 is 12.0 Å². The molecule has 0 aliphatic rings. The molecule has 1 atom stereocenters. The molecule has 0 saturated heterocycles. The predicted octanol–water partition coefficient (Wildman–Crippen LogP) is 2.64. The fourth-order valence-electron chi connectivity index (χ4n) is 1.80. The number of benzene rings is 1. The Balaban J connectivity index is 2.55. The van der Waals surface area contributed by atoms with Crippen LogP contribution >= 0.6 is 0 Å². The van der Waals surface area contributed by atoms with Crippen molar-refractivity contribution in [1.29, 1.82) is 0 Å². The highest BCUT2D eigenvalue weighted by molar-refractivity contribution is 5.77. The van der Waals surface area contributed by atoms with Gasteiger partial charge in [-0.3, -0.25) is 4.79 Å². The van der Waals surface area contributed by atoms with Gasteiger partial charge in [-0.2, -0.15) is 0 Å². The lowest BCUT2D eigenvalue weighted by molar-refractivity contribution is -0.147. The number of nitrogens with zero attached hydrogens (tertiary/aromatic N) is 1. The van der Waals surface area contributed by atoms with E-state index in [1.165, 1.54) is 5.56 Å². The number of urea groups is 1. The van der Waals surface area contributed by atoms with Crippen LogP contribution in [-0.4, -0.2) is 35.6 Å². The Morgan fingerprint density at radius 2 is 1.86 bits per heavy atom. The third kappa shape index (κ3) is 4.77. The summed E-state index contributed by atoms with van der Waals surface area (Å²) in [6, 6.07) is 7.69. The Bertz CT molecular complexity index is 499. The molecule has 0 radical (unpaired) electrons. The molecule has 1 unspecified atom stereocenters. The van der Waals surface area contributed by atoms with Gasteiger partial charge in [0.25, 0.3) is 0 Å². The van der Waals surface area contributed by atoms with Crippen molar-refractivity contribution in [2.75, 3.05) is 13.6 Å². The first-order valence-electron chi connectivity index (χ1n) is 7.06. The lowest BCUT2D eigenvalue weighted by Crippen LogP contribution is -2.45. The average molecular weight is 292 g/mol. The minimum atomic E-state index is -0.930. The lowest BCUT2D eigenvalue weighted by atomic mass is 9.88. The molecular weight excluding hydrogens is 268 g/mol. The Kier molecular flexibility index (Phi) is 5.76. The average Bonchev–Trinajstić information content (AvgIpc) is 2.46. The Hall–Kier alpha value is -2.04. The maximum atomic E-state index is 12.0. The molecule has 0 fully saturated rings. The van der Waals surface area contributed by atoms with Crippen LogP contribution in [0, 0.1) is 12.3 Å². The summed E-state index contributed by atoms with van der Waals surface area (Å²) >= 11 is 0. The standard InChI is InChI=1S/C16H24N2O3/c1-5-16(3,14(19)20)11-17-15(21)18(4)10-13-8-6-12(2)7-9-13/h6-9H,5,10-11H2,1-4H3,(H,17,21)(H,19,20). The summed E-state index contributed by atoms with van der Waals surface area (Å²) in [5.74, 6) is -0.897. The summed E-state index contributed by atoms with van der Waals surface area (Å²) in [6.45, 7) is 6.06. The van der Waals surface area contributed by atoms with Gasteiger partial charge in [-0.1, -0.05) is 36.8 Å². The fourth-order valence-corrected chi connectivity index (χ4v) is 1.80. The van der Waals surface area contributed by atoms with Gasteiger partial charge in [0.2, 0.25) is 0 Å². The van der Waals surface area contributed by atoms with E-state index >= 15 is 0 Å². The molecule has 0 aliphatic carbocycles. The summed E-state index contributed by atoms with van der Waals surface area (Å²) in [4.78, 5) is 24.8. The normalized spacial score (nSPS) is 13.3. The summed E-state index contributed by atoms with van der Waals surface area (Å²) < 4.78 is 0. The number of aliphatic carboxylic acids is 1. The first kappa shape index (κ1) is 17.0. The SMILES string of the molecule is CCC(C)(CNC(=O)N(C)Cc1ccc(C)cc1)C(=O)O. The van der Waals surface area contributed by atoms with Crippen molar-refractivity contribution in [3.63, 3.8) is 0 Å². The second-order valence-electron chi connectivity index (χ2n) is 5.72. The summed E-state index contributed by atoms with van der Waals surface area (Å²) in [6.07, 6.45) is 0.463. The Labute approximate surface area is 126 Å². The monoisotopic (exact) mass is 292 g/mol. The van der Waals surface area contributed by atoms with Crippen LogP contribution in [-0.2, 0) is 11.3 Å². The maximum absolute atomic E-state index is 12.0. The summed E-state index contributed by atoms with van der Waals surface area (Å²) in [5, 5.41) is 11.9. The van der Waals surface area contributed by atoms with E-state index in [1.54, 1.807) is 25.8 Å². The number of nitrogens with one attached hydrogen (secondary N) is 1. The van der Waals surface area contributed by atoms with Gasteiger partial charge in [0, 0.05) is 20.1 Å². The van der Waals surface area contributed by atoms with Crippen molar-refractivity contribution in [2.24, 2.45) is 5.41 Å². The van der Waals surface area contributed by atoms with E-state index in [2.05, 4.69) is 5.32 Å². The molecule has 2 N–H and O–H groups in total. The first-order valence-corrected chi connectivity index (χ1v) is 7.06. The van der Waals surface area contributed by atoms with Crippen LogP contribution in [0.4, 0.5) is 4.79 Å². The molecule has 5 nitrogen and oxygen atoms in total. The second kappa shape index (κ2) is 7.11. The molecule has 2 amide bonds. The molecule has 21 heavy (non-hydrogen) atoms. The van der Waals surface area contributed by atoms with Gasteiger partial charge in [-0.05, 0) is 25.8 Å². The van der Waals surface area contributed by atoms with Crippen molar-refractivity contribution >= 4 is 12.0 Å². The van der Waals surface area contributed by atoms with Crippen molar-refractivity contribution in [3.8, 4) is 0 Å². The quantitative estimate of drug-likeness (QED) is 0.847. The molecule has 116 valence electrons. The number of hydrogen-bond donors (Lipinski definition) is 2. The van der Waals surface area contributed by atoms with Crippen molar-refractivity contribution in [3.05, 3.63) is 35.4 Å². The van der Waals surface area contributed by atoms with E-state index in [0.717, 1.165) is 5.56 Å². The van der Waals surface area contributed by atoms with Gasteiger partial charge < -0.3 is 15.3 Å². The van der Waals surface area contributed by atoms with Crippen LogP contribution in [0.25, 0.3) is 0 Å². The molecule has 0 spiro atoms. The molecular formula is C16H24N2O3. The van der Waals surface area contributed by atoms with Gasteiger partial charge in [0.15, 0.2) is 0 Å². The molecule has 0 aromatic heterocycles. The number of rotatable bonds is 6. The predicted molar refractivity (Wildman–Crippen MR) is 82.1 cm³/mol. The first-order chi connectivity index (χ1) is 9.78. The zero-order chi connectivity index (χ0) is 16.0. The molecule has 1 aromatic carbocycles. The van der Waals surface area contributed by atoms with Crippen LogP contribution in [0.3, 0.4) is 0 Å². The molecule has 0 heterocycles. The lowest BCUT2D eigenvalue weighted by Gasteiger charge is -2.25. The number of hydrogen-bond acceptors (Lipinski definition) is 2. The van der Waals surface area contributed by atoms with Crippen LogP contribution in [0.1, 0.15) is 31.4 Å². The number of amides is 2. The smallest absolute Gasteiger partial charge is 0.317 e. The van der Waals surface area contributed by atoms with Crippen LogP contribution in [0.5, 0.6) is 0 Å². The number of carboxylic acid groups (broad SMARTS) is 1. The van der Waals surface area contributed by atoms with E-state index in [1.807, 2.05) is 31.2 Å². The van der Waals surface area contributed by atoms with Crippen LogP contribution in [0.15, 0.2) is 24.3 Å². The summed E-state index contributed by atoms with van der Waals surface area (Å²) in [5.41, 5.74) is 1.28. The number of carbonyl (C=O) groups is 2. The van der Waals surface area contributed by atoms with E-state index in [0.29, 0.717) is 13.0 Å². The highest BCUT2D eigenvalue weighted by atomic mass is 16.4. The third-order valence-electron chi connectivity index (χ3n) is 3.81. The topological polar surface area (TPSA) is 69.6 Å². The van der Waals surface area contributed by atoms with E-state index in [4.69, 9.17) is 0 Å². The van der Waals surface area contributed by atoms with E-state index in [-0.39, 0.29) is 12.6 Å². The van der Waals surface area contributed by atoms with Gasteiger partial charge in [-0.25, -0.2) is 4.79 Å². The molecule has 1 rings (SSSR count). The van der Waals surface area contributed by atoms with Crippen LogP contribution in [0.2, 0.25) is 0 Å². The van der Waals surface area contributed by atoms with Crippen molar-refractivity contribution in [1.82, 2.24) is 10.2 Å². The highest BCUT2D eigenvalue weighted by Crippen LogP contribution is 2.20. The second-order valence-corrected chi connectivity index (χ2v) is 5.72. The molecule has 0 aliphatic heterocycles. The van der Waals surface area contributed by atoms with Crippen molar-refractivity contribution in [2.45, 2.75) is 33.7 Å². The number of aryl methyl sites for hydroxylation is 1. The maximum Gasteiger partial charge on any atom is 0.317 e. The molecule has 0 bridgehead atoms. The zero-order valence-electron chi connectivity index (χ0n) is 13.1. The number of carboxylic acids is 1. The van der Waals surface area contributed by atoms with E-state index < -0.39 is 11.4 Å². The summed E-state index contributed by atoms with van der Waals surface area (Å²) in [7, 11) is 1.69. The highest BCUT2D eigenvalue weighted by Gasteiger charge is 2.31. The van der Waals surface area contributed by atoms with Gasteiger partial charge in [-0.15, -0.1) is 0 Å². The molecule has 0 saturated carbocycles. The van der Waals surface area contributed by atoms with Gasteiger partial charge in [0.05, 0.1) is 5.41 Å². The van der Waals surface area contributed by atoms with E-state index in [9.17, 15) is 14.7 Å². The fraction of sp³-hybridized carbons (Fsp3) is 0.500. The zero-order valence-corrected chi connectivity index (χ0v) is 13.1. The number of carbonyl (C=O) groups excluding carboxylic acids is 1. The Morgan fingerprint density at radius 1 is 1.29 bits per heavy atom. The molecule has 5 heteroatoms. The third-order valence-corrected chi connectivity index (χ3v) is 3.81. The van der Waals surface area contributed by atoms with Crippen molar-refractivity contribution < 1.29 is 14.7 Å². The minimum Gasteiger partial charge on any atom is -0.481 e. The largest absolute Gasteiger partial charge is 0.481 e. The van der Waals surface area contributed by atoms with Crippen LogP contribution < -0.4 is 5.32 Å². The van der Waals surface area contributed by atoms with Gasteiger partial charge in [0.1, 0.15) is 0 Å². The Morgan fingerprint density at radius 3 is 2.33 bits per heavy atom.